The summed E-state index contributed by atoms with van der Waals surface area (Å²) in [5, 5.41) is 3.46. The number of hydrogen-bond acceptors (Lipinski definition) is 4. The van der Waals surface area contributed by atoms with Gasteiger partial charge in [-0.05, 0) is 35.9 Å². The van der Waals surface area contributed by atoms with Gasteiger partial charge in [-0.25, -0.2) is 14.4 Å². The summed E-state index contributed by atoms with van der Waals surface area (Å²) in [6.45, 7) is 0.701. The molecule has 0 bridgehead atoms. The molecule has 0 aliphatic carbocycles. The third kappa shape index (κ3) is 2.93. The van der Waals surface area contributed by atoms with Crippen LogP contribution in [-0.4, -0.2) is 15.7 Å². The Morgan fingerprint density at radius 3 is 3.00 bits per heavy atom. The Bertz CT molecular complexity index is 562. The number of thioether (sulfide) groups is 1. The third-order valence-electron chi connectivity index (χ3n) is 3.18. The SMILES string of the molecule is Fc1ccc2c(c1)C(NCc1cncnc1)CCS2. The second kappa shape index (κ2) is 5.67. The standard InChI is InChI=1S/C14H14FN3S/c15-11-1-2-14-12(5-11)13(3-4-19-14)18-8-10-6-16-9-17-7-10/h1-2,5-7,9,13,18H,3-4,8H2. The molecule has 0 radical (unpaired) electrons. The van der Waals surface area contributed by atoms with Crippen LogP contribution in [0.3, 0.4) is 0 Å². The zero-order chi connectivity index (χ0) is 13.1. The number of rotatable bonds is 3. The fourth-order valence-electron chi connectivity index (χ4n) is 2.24. The highest BCUT2D eigenvalue weighted by Crippen LogP contribution is 2.36. The molecule has 19 heavy (non-hydrogen) atoms. The Kier molecular flexibility index (Phi) is 3.75. The van der Waals surface area contributed by atoms with Gasteiger partial charge in [0.25, 0.3) is 0 Å². The average molecular weight is 275 g/mol. The first kappa shape index (κ1) is 12.6. The summed E-state index contributed by atoms with van der Waals surface area (Å²) in [6, 6.07) is 5.24. The molecule has 2 heterocycles. The van der Waals surface area contributed by atoms with Crippen LogP contribution in [0.1, 0.15) is 23.6 Å². The Labute approximate surface area is 115 Å². The molecule has 1 atom stereocenters. The maximum absolute atomic E-state index is 13.4. The number of fused-ring (bicyclic) bond motifs is 1. The highest BCUT2D eigenvalue weighted by molar-refractivity contribution is 7.99. The number of aromatic nitrogens is 2. The van der Waals surface area contributed by atoms with E-state index in [1.165, 1.54) is 17.3 Å². The van der Waals surface area contributed by atoms with Crippen LogP contribution in [0.5, 0.6) is 0 Å². The lowest BCUT2D eigenvalue weighted by molar-refractivity contribution is 0.503. The van der Waals surface area contributed by atoms with E-state index in [0.29, 0.717) is 6.54 Å². The summed E-state index contributed by atoms with van der Waals surface area (Å²) in [5.41, 5.74) is 2.10. The average Bonchev–Trinajstić information content (AvgIpc) is 2.46. The minimum atomic E-state index is -0.170. The van der Waals surface area contributed by atoms with Gasteiger partial charge in [0.2, 0.25) is 0 Å². The summed E-state index contributed by atoms with van der Waals surface area (Å²) in [4.78, 5) is 9.16. The molecule has 1 unspecified atom stereocenters. The fraction of sp³-hybridized carbons (Fsp3) is 0.286. The number of hydrogen-bond donors (Lipinski definition) is 1. The van der Waals surface area contributed by atoms with Crippen molar-refractivity contribution in [2.24, 2.45) is 0 Å². The lowest BCUT2D eigenvalue weighted by Crippen LogP contribution is -2.24. The molecule has 1 aliphatic rings. The topological polar surface area (TPSA) is 37.8 Å². The fourth-order valence-corrected chi connectivity index (χ4v) is 3.35. The van der Waals surface area contributed by atoms with Gasteiger partial charge in [0.15, 0.2) is 0 Å². The number of halogens is 1. The van der Waals surface area contributed by atoms with Gasteiger partial charge >= 0.3 is 0 Å². The van der Waals surface area contributed by atoms with Crippen molar-refractivity contribution in [3.63, 3.8) is 0 Å². The van der Waals surface area contributed by atoms with E-state index < -0.39 is 0 Å². The first-order chi connectivity index (χ1) is 9.33. The molecule has 2 aromatic rings. The van der Waals surface area contributed by atoms with Crippen molar-refractivity contribution >= 4 is 11.8 Å². The van der Waals surface area contributed by atoms with E-state index in [1.807, 2.05) is 6.07 Å². The molecule has 0 fully saturated rings. The maximum Gasteiger partial charge on any atom is 0.123 e. The zero-order valence-corrected chi connectivity index (χ0v) is 11.2. The summed E-state index contributed by atoms with van der Waals surface area (Å²) in [6.07, 6.45) is 6.12. The van der Waals surface area contributed by atoms with Crippen LogP contribution in [0.15, 0.2) is 41.8 Å². The predicted octanol–water partition coefficient (Wildman–Crippen LogP) is 2.94. The molecule has 0 saturated carbocycles. The first-order valence-electron chi connectivity index (χ1n) is 6.22. The number of nitrogens with one attached hydrogen (secondary N) is 1. The van der Waals surface area contributed by atoms with Crippen molar-refractivity contribution in [2.45, 2.75) is 23.9 Å². The second-order valence-corrected chi connectivity index (χ2v) is 5.64. The molecular formula is C14H14FN3S. The molecule has 0 saturated heterocycles. The lowest BCUT2D eigenvalue weighted by atomic mass is 10.0. The van der Waals surface area contributed by atoms with E-state index in [-0.39, 0.29) is 11.9 Å². The molecule has 3 rings (SSSR count). The third-order valence-corrected chi connectivity index (χ3v) is 4.30. The molecule has 3 nitrogen and oxygen atoms in total. The smallest absolute Gasteiger partial charge is 0.123 e. The van der Waals surface area contributed by atoms with Crippen molar-refractivity contribution < 1.29 is 4.39 Å². The first-order valence-corrected chi connectivity index (χ1v) is 7.21. The number of benzene rings is 1. The van der Waals surface area contributed by atoms with E-state index >= 15 is 0 Å². The minimum absolute atomic E-state index is 0.170. The monoisotopic (exact) mass is 275 g/mol. The van der Waals surface area contributed by atoms with Crippen molar-refractivity contribution in [2.75, 3.05) is 5.75 Å². The zero-order valence-electron chi connectivity index (χ0n) is 10.3. The maximum atomic E-state index is 13.4. The highest BCUT2D eigenvalue weighted by atomic mass is 32.2. The summed E-state index contributed by atoms with van der Waals surface area (Å²) in [7, 11) is 0. The Morgan fingerprint density at radius 2 is 2.16 bits per heavy atom. The molecule has 1 aliphatic heterocycles. The Morgan fingerprint density at radius 1 is 1.32 bits per heavy atom. The Hall–Kier alpha value is -1.46. The van der Waals surface area contributed by atoms with Crippen molar-refractivity contribution in [3.05, 3.63) is 53.9 Å². The number of nitrogens with zero attached hydrogens (tertiary/aromatic N) is 2. The normalized spacial score (nSPS) is 18.1. The quantitative estimate of drug-likeness (QED) is 0.934. The van der Waals surface area contributed by atoms with Gasteiger partial charge in [-0.1, -0.05) is 0 Å². The minimum Gasteiger partial charge on any atom is -0.306 e. The van der Waals surface area contributed by atoms with E-state index in [0.717, 1.165) is 23.3 Å². The van der Waals surface area contributed by atoms with E-state index in [9.17, 15) is 4.39 Å². The molecule has 98 valence electrons. The van der Waals surface area contributed by atoms with Gasteiger partial charge in [-0.2, -0.15) is 0 Å². The lowest BCUT2D eigenvalue weighted by Gasteiger charge is -2.26. The van der Waals surface area contributed by atoms with Gasteiger partial charge in [-0.3, -0.25) is 0 Å². The molecule has 0 amide bonds. The van der Waals surface area contributed by atoms with Crippen LogP contribution >= 0.6 is 11.8 Å². The predicted molar refractivity (Wildman–Crippen MR) is 73.4 cm³/mol. The van der Waals surface area contributed by atoms with Crippen LogP contribution in [0.25, 0.3) is 0 Å². The van der Waals surface area contributed by atoms with Crippen molar-refractivity contribution in [1.82, 2.24) is 15.3 Å². The molecule has 1 N–H and O–H groups in total. The molecule has 1 aromatic carbocycles. The van der Waals surface area contributed by atoms with Gasteiger partial charge in [0, 0.05) is 35.4 Å². The van der Waals surface area contributed by atoms with Gasteiger partial charge < -0.3 is 5.32 Å². The molecule has 1 aromatic heterocycles. The van der Waals surface area contributed by atoms with Gasteiger partial charge in [-0.15, -0.1) is 11.8 Å². The van der Waals surface area contributed by atoms with E-state index in [4.69, 9.17) is 0 Å². The van der Waals surface area contributed by atoms with Crippen LogP contribution in [0.4, 0.5) is 4.39 Å². The summed E-state index contributed by atoms with van der Waals surface area (Å²) in [5.74, 6) is 0.887. The van der Waals surface area contributed by atoms with Crippen LogP contribution in [0.2, 0.25) is 0 Å². The Balaban J connectivity index is 1.75. The molecule has 0 spiro atoms. The summed E-state index contributed by atoms with van der Waals surface area (Å²) < 4.78 is 13.4. The largest absolute Gasteiger partial charge is 0.306 e. The second-order valence-electron chi connectivity index (χ2n) is 4.50. The van der Waals surface area contributed by atoms with Crippen LogP contribution < -0.4 is 5.32 Å². The van der Waals surface area contributed by atoms with Gasteiger partial charge in [0.1, 0.15) is 12.1 Å². The highest BCUT2D eigenvalue weighted by Gasteiger charge is 2.20. The van der Waals surface area contributed by atoms with Crippen LogP contribution in [-0.2, 0) is 6.54 Å². The van der Waals surface area contributed by atoms with Crippen LogP contribution in [0, 0.1) is 5.82 Å². The molecular weight excluding hydrogens is 261 g/mol. The van der Waals surface area contributed by atoms with E-state index in [1.54, 1.807) is 30.2 Å². The molecule has 5 heteroatoms. The van der Waals surface area contributed by atoms with Crippen molar-refractivity contribution in [1.29, 1.82) is 0 Å². The van der Waals surface area contributed by atoms with Crippen molar-refractivity contribution in [3.8, 4) is 0 Å². The van der Waals surface area contributed by atoms with E-state index in [2.05, 4.69) is 15.3 Å². The van der Waals surface area contributed by atoms with Gasteiger partial charge in [0.05, 0.1) is 0 Å². The summed E-state index contributed by atoms with van der Waals surface area (Å²) >= 11 is 1.79.